The fraction of sp³-hybridized carbons (Fsp3) is 0.357. The average Bonchev–Trinajstić information content (AvgIpc) is 2.22. The molecule has 1 rings (SSSR count). The van der Waals surface area contributed by atoms with Crippen LogP contribution in [0.5, 0.6) is 0 Å². The van der Waals surface area contributed by atoms with Crippen LogP contribution in [0.4, 0.5) is 5.69 Å². The summed E-state index contributed by atoms with van der Waals surface area (Å²) < 4.78 is 0. The van der Waals surface area contributed by atoms with Gasteiger partial charge in [-0.2, -0.15) is 0 Å². The van der Waals surface area contributed by atoms with Crippen LogP contribution in [0.1, 0.15) is 31.4 Å². The van der Waals surface area contributed by atoms with E-state index >= 15 is 0 Å². The Hall–Kier alpha value is -1.57. The molecule has 0 bridgehead atoms. The van der Waals surface area contributed by atoms with Gasteiger partial charge in [0.15, 0.2) is 0 Å². The van der Waals surface area contributed by atoms with Crippen molar-refractivity contribution in [2.45, 2.75) is 34.1 Å². The molecular weight excluding hydrogens is 198 g/mol. The largest absolute Gasteiger partial charge is 0.322 e. The molecule has 0 unspecified atom stereocenters. The number of amides is 1. The van der Waals surface area contributed by atoms with Gasteiger partial charge in [-0.1, -0.05) is 30.7 Å². The Morgan fingerprint density at radius 3 is 2.62 bits per heavy atom. The molecule has 0 aromatic heterocycles. The summed E-state index contributed by atoms with van der Waals surface area (Å²) in [7, 11) is 0. The first-order chi connectivity index (χ1) is 7.54. The van der Waals surface area contributed by atoms with Crippen LogP contribution in [0.15, 0.2) is 29.8 Å². The SMILES string of the molecule is CC/C=C(\C)C(=O)Nc1ccc(C)cc1C. The van der Waals surface area contributed by atoms with Crippen molar-refractivity contribution in [2.75, 3.05) is 5.32 Å². The van der Waals surface area contributed by atoms with E-state index in [0.717, 1.165) is 23.2 Å². The fourth-order valence-electron chi connectivity index (χ4n) is 1.57. The van der Waals surface area contributed by atoms with Gasteiger partial charge in [0, 0.05) is 11.3 Å². The van der Waals surface area contributed by atoms with Crippen molar-refractivity contribution < 1.29 is 4.79 Å². The van der Waals surface area contributed by atoms with Crippen molar-refractivity contribution in [3.8, 4) is 0 Å². The molecule has 1 N–H and O–H groups in total. The average molecular weight is 217 g/mol. The number of hydrogen-bond acceptors (Lipinski definition) is 1. The van der Waals surface area contributed by atoms with Gasteiger partial charge in [0.25, 0.3) is 5.91 Å². The molecule has 1 amide bonds. The van der Waals surface area contributed by atoms with Crippen LogP contribution in [0.3, 0.4) is 0 Å². The number of rotatable bonds is 3. The summed E-state index contributed by atoms with van der Waals surface area (Å²) in [5.74, 6) is -0.0196. The van der Waals surface area contributed by atoms with Crippen molar-refractivity contribution in [2.24, 2.45) is 0 Å². The highest BCUT2D eigenvalue weighted by Crippen LogP contribution is 2.16. The van der Waals surface area contributed by atoms with E-state index in [1.165, 1.54) is 5.56 Å². The normalized spacial score (nSPS) is 11.4. The number of allylic oxidation sites excluding steroid dienone is 1. The third-order valence-electron chi connectivity index (χ3n) is 2.50. The lowest BCUT2D eigenvalue weighted by Gasteiger charge is -2.09. The minimum Gasteiger partial charge on any atom is -0.322 e. The predicted molar refractivity (Wildman–Crippen MR) is 68.6 cm³/mol. The molecule has 0 aliphatic rings. The first-order valence-electron chi connectivity index (χ1n) is 5.60. The molecule has 0 spiro atoms. The molecule has 0 aliphatic carbocycles. The van der Waals surface area contributed by atoms with Gasteiger partial charge in [-0.3, -0.25) is 4.79 Å². The number of aryl methyl sites for hydroxylation is 2. The second-order valence-corrected chi connectivity index (χ2v) is 4.07. The number of benzene rings is 1. The summed E-state index contributed by atoms with van der Waals surface area (Å²) in [6, 6.07) is 6.01. The molecule has 0 fully saturated rings. The van der Waals surface area contributed by atoms with Crippen molar-refractivity contribution in [1.82, 2.24) is 0 Å². The van der Waals surface area contributed by atoms with E-state index in [0.29, 0.717) is 0 Å². The van der Waals surface area contributed by atoms with E-state index in [1.807, 2.05) is 45.9 Å². The van der Waals surface area contributed by atoms with E-state index in [4.69, 9.17) is 0 Å². The van der Waals surface area contributed by atoms with Gasteiger partial charge in [-0.15, -0.1) is 0 Å². The third kappa shape index (κ3) is 3.23. The lowest BCUT2D eigenvalue weighted by Crippen LogP contribution is -2.13. The molecular formula is C14H19NO. The topological polar surface area (TPSA) is 29.1 Å². The highest BCUT2D eigenvalue weighted by atomic mass is 16.1. The summed E-state index contributed by atoms with van der Waals surface area (Å²) in [5.41, 5.74) is 3.95. The Balaban J connectivity index is 2.81. The molecule has 1 aromatic carbocycles. The van der Waals surface area contributed by atoms with Crippen LogP contribution < -0.4 is 5.32 Å². The van der Waals surface area contributed by atoms with Crippen LogP contribution in [-0.4, -0.2) is 5.91 Å². The summed E-state index contributed by atoms with van der Waals surface area (Å²) >= 11 is 0. The zero-order valence-corrected chi connectivity index (χ0v) is 10.4. The van der Waals surface area contributed by atoms with E-state index < -0.39 is 0 Å². The monoisotopic (exact) mass is 217 g/mol. The first-order valence-corrected chi connectivity index (χ1v) is 5.60. The lowest BCUT2D eigenvalue weighted by molar-refractivity contribution is -0.112. The lowest BCUT2D eigenvalue weighted by atomic mass is 10.1. The molecule has 2 heteroatoms. The van der Waals surface area contributed by atoms with Crippen LogP contribution in [-0.2, 0) is 4.79 Å². The van der Waals surface area contributed by atoms with E-state index in [-0.39, 0.29) is 5.91 Å². The molecule has 0 heterocycles. The fourth-order valence-corrected chi connectivity index (χ4v) is 1.57. The van der Waals surface area contributed by atoms with Gasteiger partial charge in [-0.25, -0.2) is 0 Å². The zero-order chi connectivity index (χ0) is 12.1. The highest BCUT2D eigenvalue weighted by molar-refractivity contribution is 6.03. The van der Waals surface area contributed by atoms with E-state index in [9.17, 15) is 4.79 Å². The quantitative estimate of drug-likeness (QED) is 0.770. The van der Waals surface area contributed by atoms with Gasteiger partial charge < -0.3 is 5.32 Å². The molecule has 0 saturated heterocycles. The standard InChI is InChI=1S/C14H19NO/c1-5-6-11(3)14(16)15-13-8-7-10(2)9-12(13)4/h6-9H,5H2,1-4H3,(H,15,16)/b11-6+. The second kappa shape index (κ2) is 5.50. The Labute approximate surface area is 97.4 Å². The van der Waals surface area contributed by atoms with Crippen molar-refractivity contribution in [3.63, 3.8) is 0 Å². The molecule has 86 valence electrons. The van der Waals surface area contributed by atoms with Gasteiger partial charge in [0.1, 0.15) is 0 Å². The zero-order valence-electron chi connectivity index (χ0n) is 10.4. The number of nitrogens with one attached hydrogen (secondary N) is 1. The number of hydrogen-bond donors (Lipinski definition) is 1. The summed E-state index contributed by atoms with van der Waals surface area (Å²) in [5, 5.41) is 2.91. The van der Waals surface area contributed by atoms with E-state index in [2.05, 4.69) is 11.4 Å². The van der Waals surface area contributed by atoms with Crippen molar-refractivity contribution in [3.05, 3.63) is 41.0 Å². The molecule has 2 nitrogen and oxygen atoms in total. The Morgan fingerprint density at radius 1 is 1.38 bits per heavy atom. The summed E-state index contributed by atoms with van der Waals surface area (Å²) in [6.07, 6.45) is 2.81. The molecule has 1 aromatic rings. The molecule has 0 radical (unpaired) electrons. The van der Waals surface area contributed by atoms with Gasteiger partial charge in [-0.05, 0) is 38.8 Å². The third-order valence-corrected chi connectivity index (χ3v) is 2.50. The van der Waals surface area contributed by atoms with Gasteiger partial charge >= 0.3 is 0 Å². The van der Waals surface area contributed by atoms with Crippen LogP contribution in [0.2, 0.25) is 0 Å². The maximum absolute atomic E-state index is 11.8. The van der Waals surface area contributed by atoms with Crippen molar-refractivity contribution in [1.29, 1.82) is 0 Å². The number of carbonyl (C=O) groups excluding carboxylic acids is 1. The highest BCUT2D eigenvalue weighted by Gasteiger charge is 2.05. The molecule has 0 aliphatic heterocycles. The Bertz CT molecular complexity index is 419. The maximum Gasteiger partial charge on any atom is 0.250 e. The molecule has 0 saturated carbocycles. The summed E-state index contributed by atoms with van der Waals surface area (Å²) in [6.45, 7) is 7.90. The number of anilines is 1. The molecule has 0 atom stereocenters. The Kier molecular flexibility index (Phi) is 4.29. The second-order valence-electron chi connectivity index (χ2n) is 4.07. The maximum atomic E-state index is 11.8. The van der Waals surface area contributed by atoms with Gasteiger partial charge in [0.05, 0.1) is 0 Å². The van der Waals surface area contributed by atoms with Crippen molar-refractivity contribution >= 4 is 11.6 Å². The smallest absolute Gasteiger partial charge is 0.250 e. The van der Waals surface area contributed by atoms with Crippen LogP contribution >= 0.6 is 0 Å². The summed E-state index contributed by atoms with van der Waals surface area (Å²) in [4.78, 5) is 11.8. The van der Waals surface area contributed by atoms with Crippen LogP contribution in [0, 0.1) is 13.8 Å². The van der Waals surface area contributed by atoms with Gasteiger partial charge in [0.2, 0.25) is 0 Å². The minimum absolute atomic E-state index is 0.0196. The van der Waals surface area contributed by atoms with Crippen LogP contribution in [0.25, 0.3) is 0 Å². The van der Waals surface area contributed by atoms with E-state index in [1.54, 1.807) is 0 Å². The molecule has 16 heavy (non-hydrogen) atoms. The minimum atomic E-state index is -0.0196. The predicted octanol–water partition coefficient (Wildman–Crippen LogP) is 3.60. The number of carbonyl (C=O) groups is 1. The Morgan fingerprint density at radius 2 is 2.06 bits per heavy atom. The first kappa shape index (κ1) is 12.5.